The first kappa shape index (κ1) is 11.6. The summed E-state index contributed by atoms with van der Waals surface area (Å²) in [7, 11) is 0. The Balaban J connectivity index is 2.15. The summed E-state index contributed by atoms with van der Waals surface area (Å²) < 4.78 is 7.36. The summed E-state index contributed by atoms with van der Waals surface area (Å²) in [5.74, 6) is 2.24. The summed E-state index contributed by atoms with van der Waals surface area (Å²) in [6, 6.07) is 13.7. The number of hydrogen-bond donors (Lipinski definition) is 1. The van der Waals surface area contributed by atoms with Gasteiger partial charge in [-0.1, -0.05) is 18.2 Å². The first-order chi connectivity index (χ1) is 9.16. The molecule has 0 atom stereocenters. The number of furan rings is 1. The van der Waals surface area contributed by atoms with Gasteiger partial charge in [-0.3, -0.25) is 0 Å². The number of para-hydroxylation sites is 1. The molecule has 0 aliphatic rings. The van der Waals surface area contributed by atoms with E-state index in [0.29, 0.717) is 5.82 Å². The minimum Gasteiger partial charge on any atom is -0.460 e. The first-order valence-electron chi connectivity index (χ1n) is 6.14. The molecular weight excluding hydrogens is 238 g/mol. The first-order valence-corrected chi connectivity index (χ1v) is 6.14. The Bertz CT molecular complexity index is 710. The van der Waals surface area contributed by atoms with Gasteiger partial charge in [-0.2, -0.15) is 5.10 Å². The van der Waals surface area contributed by atoms with E-state index in [1.54, 1.807) is 4.68 Å². The van der Waals surface area contributed by atoms with E-state index in [4.69, 9.17) is 10.2 Å². The molecule has 19 heavy (non-hydrogen) atoms. The van der Waals surface area contributed by atoms with Gasteiger partial charge in [0.25, 0.3) is 0 Å². The van der Waals surface area contributed by atoms with Crippen LogP contribution < -0.4 is 5.73 Å². The molecule has 0 fully saturated rings. The molecule has 0 saturated heterocycles. The number of benzene rings is 1. The molecule has 3 aromatic rings. The molecule has 0 saturated carbocycles. The lowest BCUT2D eigenvalue weighted by Gasteiger charge is -2.02. The van der Waals surface area contributed by atoms with E-state index in [1.807, 2.05) is 56.3 Å². The Kier molecular flexibility index (Phi) is 2.63. The number of anilines is 1. The standard InChI is InChI=1S/C15H15N3O/c1-10-8-9-13(19-10)14-11(2)15(16)18(17-14)12-6-4-3-5-7-12/h3-9H,16H2,1-2H3. The third-order valence-electron chi connectivity index (χ3n) is 3.14. The molecule has 2 aromatic heterocycles. The van der Waals surface area contributed by atoms with Gasteiger partial charge < -0.3 is 10.2 Å². The van der Waals surface area contributed by atoms with Crippen LogP contribution in [0.3, 0.4) is 0 Å². The molecule has 4 heteroatoms. The molecule has 2 N–H and O–H groups in total. The molecular formula is C15H15N3O. The van der Waals surface area contributed by atoms with E-state index in [2.05, 4.69) is 5.10 Å². The van der Waals surface area contributed by atoms with E-state index in [9.17, 15) is 0 Å². The molecule has 2 heterocycles. The third kappa shape index (κ3) is 1.91. The Morgan fingerprint density at radius 2 is 1.79 bits per heavy atom. The van der Waals surface area contributed by atoms with Crippen LogP contribution in [0.15, 0.2) is 46.9 Å². The van der Waals surface area contributed by atoms with Crippen molar-refractivity contribution in [1.29, 1.82) is 0 Å². The van der Waals surface area contributed by atoms with Crippen molar-refractivity contribution < 1.29 is 4.42 Å². The van der Waals surface area contributed by atoms with Crippen molar-refractivity contribution in [3.63, 3.8) is 0 Å². The number of hydrogen-bond acceptors (Lipinski definition) is 3. The predicted molar refractivity (Wildman–Crippen MR) is 75.2 cm³/mol. The Hall–Kier alpha value is -2.49. The smallest absolute Gasteiger partial charge is 0.154 e. The van der Waals surface area contributed by atoms with Crippen molar-refractivity contribution in [2.45, 2.75) is 13.8 Å². The van der Waals surface area contributed by atoms with Gasteiger partial charge in [0.15, 0.2) is 5.76 Å². The lowest BCUT2D eigenvalue weighted by Crippen LogP contribution is -2.01. The molecule has 0 unspecified atom stereocenters. The molecule has 96 valence electrons. The molecule has 0 aliphatic carbocycles. The van der Waals surface area contributed by atoms with Gasteiger partial charge in [0.05, 0.1) is 5.69 Å². The molecule has 0 amide bonds. The van der Waals surface area contributed by atoms with Crippen LogP contribution >= 0.6 is 0 Å². The fourth-order valence-electron chi connectivity index (χ4n) is 2.07. The maximum absolute atomic E-state index is 6.14. The number of aromatic nitrogens is 2. The van der Waals surface area contributed by atoms with E-state index in [-0.39, 0.29) is 0 Å². The maximum atomic E-state index is 6.14. The molecule has 4 nitrogen and oxygen atoms in total. The van der Waals surface area contributed by atoms with Crippen LogP contribution in [0.5, 0.6) is 0 Å². The minimum absolute atomic E-state index is 0.634. The highest BCUT2D eigenvalue weighted by molar-refractivity contribution is 5.65. The quantitative estimate of drug-likeness (QED) is 0.762. The van der Waals surface area contributed by atoms with Gasteiger partial charge >= 0.3 is 0 Å². The van der Waals surface area contributed by atoms with Gasteiger partial charge in [-0.15, -0.1) is 0 Å². The van der Waals surface area contributed by atoms with Crippen LogP contribution in [-0.4, -0.2) is 9.78 Å². The van der Waals surface area contributed by atoms with E-state index in [1.165, 1.54) is 0 Å². The lowest BCUT2D eigenvalue weighted by molar-refractivity contribution is 0.545. The van der Waals surface area contributed by atoms with Crippen LogP contribution in [0, 0.1) is 13.8 Å². The summed E-state index contributed by atoms with van der Waals surface area (Å²) in [6.45, 7) is 3.87. The van der Waals surface area contributed by atoms with Gasteiger partial charge in [0, 0.05) is 5.56 Å². The van der Waals surface area contributed by atoms with E-state index in [0.717, 1.165) is 28.5 Å². The van der Waals surface area contributed by atoms with Gasteiger partial charge in [-0.25, -0.2) is 4.68 Å². The van der Waals surface area contributed by atoms with Crippen LogP contribution in [0.2, 0.25) is 0 Å². The molecule has 1 aromatic carbocycles. The summed E-state index contributed by atoms with van der Waals surface area (Å²) in [4.78, 5) is 0. The highest BCUT2D eigenvalue weighted by Gasteiger charge is 2.16. The third-order valence-corrected chi connectivity index (χ3v) is 3.14. The van der Waals surface area contributed by atoms with Crippen molar-refractivity contribution in [2.24, 2.45) is 0 Å². The normalized spacial score (nSPS) is 10.8. The van der Waals surface area contributed by atoms with Crippen molar-refractivity contribution in [3.05, 3.63) is 53.8 Å². The zero-order valence-corrected chi connectivity index (χ0v) is 10.9. The molecule has 0 aliphatic heterocycles. The Morgan fingerprint density at radius 3 is 2.42 bits per heavy atom. The zero-order chi connectivity index (χ0) is 13.4. The van der Waals surface area contributed by atoms with Crippen molar-refractivity contribution in [3.8, 4) is 17.1 Å². The van der Waals surface area contributed by atoms with Crippen molar-refractivity contribution in [2.75, 3.05) is 5.73 Å². The second kappa shape index (κ2) is 4.31. The second-order valence-electron chi connectivity index (χ2n) is 4.52. The maximum Gasteiger partial charge on any atom is 0.154 e. The Labute approximate surface area is 111 Å². The number of aryl methyl sites for hydroxylation is 1. The van der Waals surface area contributed by atoms with Crippen LogP contribution in [0.25, 0.3) is 17.1 Å². The van der Waals surface area contributed by atoms with Crippen LogP contribution in [-0.2, 0) is 0 Å². The number of nitrogens with two attached hydrogens (primary N) is 1. The van der Waals surface area contributed by atoms with Gasteiger partial charge in [0.1, 0.15) is 17.3 Å². The molecule has 0 radical (unpaired) electrons. The SMILES string of the molecule is Cc1ccc(-c2nn(-c3ccccc3)c(N)c2C)o1. The average molecular weight is 253 g/mol. The van der Waals surface area contributed by atoms with Crippen LogP contribution in [0.1, 0.15) is 11.3 Å². The van der Waals surface area contributed by atoms with Crippen molar-refractivity contribution in [1.82, 2.24) is 9.78 Å². The minimum atomic E-state index is 0.634. The molecule has 3 rings (SSSR count). The van der Waals surface area contributed by atoms with E-state index < -0.39 is 0 Å². The lowest BCUT2D eigenvalue weighted by atomic mass is 10.2. The molecule has 0 bridgehead atoms. The number of rotatable bonds is 2. The summed E-state index contributed by atoms with van der Waals surface area (Å²) in [6.07, 6.45) is 0. The zero-order valence-electron chi connectivity index (χ0n) is 10.9. The van der Waals surface area contributed by atoms with Crippen LogP contribution in [0.4, 0.5) is 5.82 Å². The number of nitrogens with zero attached hydrogens (tertiary/aromatic N) is 2. The number of nitrogen functional groups attached to an aromatic ring is 1. The average Bonchev–Trinajstić information content (AvgIpc) is 2.97. The van der Waals surface area contributed by atoms with Crippen molar-refractivity contribution >= 4 is 5.82 Å². The predicted octanol–water partition coefficient (Wildman–Crippen LogP) is 3.33. The summed E-state index contributed by atoms with van der Waals surface area (Å²) >= 11 is 0. The fraction of sp³-hybridized carbons (Fsp3) is 0.133. The topological polar surface area (TPSA) is 57.0 Å². The van der Waals surface area contributed by atoms with Gasteiger partial charge in [0.2, 0.25) is 0 Å². The highest BCUT2D eigenvalue weighted by atomic mass is 16.3. The Morgan fingerprint density at radius 1 is 1.05 bits per heavy atom. The second-order valence-corrected chi connectivity index (χ2v) is 4.52. The summed E-state index contributed by atoms with van der Waals surface area (Å²) in [5, 5.41) is 4.56. The van der Waals surface area contributed by atoms with E-state index >= 15 is 0 Å². The molecule has 0 spiro atoms. The highest BCUT2D eigenvalue weighted by Crippen LogP contribution is 2.29. The van der Waals surface area contributed by atoms with Gasteiger partial charge in [-0.05, 0) is 38.1 Å². The monoisotopic (exact) mass is 253 g/mol. The largest absolute Gasteiger partial charge is 0.460 e. The fourth-order valence-corrected chi connectivity index (χ4v) is 2.07. The summed E-state index contributed by atoms with van der Waals surface area (Å²) in [5.41, 5.74) is 8.80.